The standard InChI is InChI=1S/C30H28Cl4F2N4O3/c1-30(2,3)29(42)37-13-15-5-7-19(32)17(27(15)34)11-26-38-22-10-18(24(43-14-25(35)36)12-23(22)40(26)4)28(41)39-21-8-6-16(31)9-20(21)33/h5-10,12,25H,11,13-14H2,1-4H3,(H,37,42)(H,39,41). The Hall–Kier alpha value is -3.11. The van der Waals surface area contributed by atoms with E-state index in [1.54, 1.807) is 29.8 Å². The van der Waals surface area contributed by atoms with E-state index in [1.807, 2.05) is 20.8 Å². The lowest BCUT2D eigenvalue weighted by Crippen LogP contribution is -2.34. The van der Waals surface area contributed by atoms with Gasteiger partial charge < -0.3 is 19.9 Å². The number of benzene rings is 3. The van der Waals surface area contributed by atoms with Crippen molar-refractivity contribution in [2.75, 3.05) is 11.9 Å². The molecular formula is C30H28Cl4F2N4O3. The Bertz CT molecular complexity index is 1700. The number of fused-ring (bicyclic) bond motifs is 1. The fourth-order valence-electron chi connectivity index (χ4n) is 4.20. The molecule has 0 bridgehead atoms. The Morgan fingerprint density at radius 1 is 1.02 bits per heavy atom. The summed E-state index contributed by atoms with van der Waals surface area (Å²) in [6.07, 6.45) is -2.55. The number of anilines is 1. The van der Waals surface area contributed by atoms with E-state index in [0.717, 1.165) is 0 Å². The van der Waals surface area contributed by atoms with Crippen LogP contribution in [0.1, 0.15) is 48.1 Å². The van der Waals surface area contributed by atoms with Gasteiger partial charge in [0.1, 0.15) is 18.2 Å². The van der Waals surface area contributed by atoms with Gasteiger partial charge in [-0.15, -0.1) is 0 Å². The van der Waals surface area contributed by atoms with E-state index >= 15 is 0 Å². The Labute approximate surface area is 267 Å². The van der Waals surface area contributed by atoms with Crippen LogP contribution >= 0.6 is 46.4 Å². The maximum Gasteiger partial charge on any atom is 0.272 e. The van der Waals surface area contributed by atoms with Gasteiger partial charge in [0.15, 0.2) is 0 Å². The van der Waals surface area contributed by atoms with E-state index in [-0.39, 0.29) is 40.9 Å². The summed E-state index contributed by atoms with van der Waals surface area (Å²) < 4.78 is 33.2. The summed E-state index contributed by atoms with van der Waals surface area (Å²) in [5.41, 5.74) is 1.91. The Kier molecular flexibility index (Phi) is 10.1. The van der Waals surface area contributed by atoms with E-state index in [4.69, 9.17) is 56.1 Å². The molecule has 13 heteroatoms. The first-order valence-corrected chi connectivity index (χ1v) is 14.6. The number of carbonyl (C=O) groups excluding carboxylic acids is 2. The first-order valence-electron chi connectivity index (χ1n) is 13.1. The molecule has 4 rings (SSSR count). The van der Waals surface area contributed by atoms with E-state index in [9.17, 15) is 18.4 Å². The van der Waals surface area contributed by atoms with Gasteiger partial charge in [0.2, 0.25) is 5.91 Å². The molecule has 0 aliphatic carbocycles. The molecule has 2 amide bonds. The lowest BCUT2D eigenvalue weighted by atomic mass is 9.95. The molecule has 0 aliphatic heterocycles. The van der Waals surface area contributed by atoms with Crippen molar-refractivity contribution in [3.05, 3.63) is 85.1 Å². The highest BCUT2D eigenvalue weighted by Gasteiger charge is 2.23. The smallest absolute Gasteiger partial charge is 0.272 e. The van der Waals surface area contributed by atoms with Gasteiger partial charge in [-0.2, -0.15) is 0 Å². The minimum Gasteiger partial charge on any atom is -0.487 e. The number of aromatic nitrogens is 2. The lowest BCUT2D eigenvalue weighted by molar-refractivity contribution is -0.128. The van der Waals surface area contributed by atoms with Crippen LogP contribution in [0.15, 0.2) is 42.5 Å². The lowest BCUT2D eigenvalue weighted by Gasteiger charge is -2.18. The van der Waals surface area contributed by atoms with Crippen LogP contribution in [-0.2, 0) is 24.8 Å². The van der Waals surface area contributed by atoms with Crippen LogP contribution in [0.2, 0.25) is 20.1 Å². The maximum absolute atomic E-state index is 13.3. The highest BCUT2D eigenvalue weighted by molar-refractivity contribution is 6.37. The molecule has 43 heavy (non-hydrogen) atoms. The number of nitrogens with zero attached hydrogens (tertiary/aromatic N) is 2. The van der Waals surface area contributed by atoms with Crippen molar-refractivity contribution in [2.45, 2.75) is 40.2 Å². The number of alkyl halides is 2. The number of halogens is 6. The monoisotopic (exact) mass is 670 g/mol. The fourth-order valence-corrected chi connectivity index (χ4v) is 5.23. The van der Waals surface area contributed by atoms with Gasteiger partial charge in [0.25, 0.3) is 12.3 Å². The summed E-state index contributed by atoms with van der Waals surface area (Å²) in [6, 6.07) is 10.9. The molecule has 0 spiro atoms. The number of aryl methyl sites for hydroxylation is 1. The third-order valence-corrected chi connectivity index (χ3v) is 7.96. The molecule has 1 heterocycles. The molecule has 0 aliphatic rings. The number of hydrogen-bond acceptors (Lipinski definition) is 4. The van der Waals surface area contributed by atoms with Crippen LogP contribution in [0.5, 0.6) is 5.75 Å². The quantitative estimate of drug-likeness (QED) is 0.187. The van der Waals surface area contributed by atoms with Gasteiger partial charge in [0.05, 0.1) is 32.3 Å². The minimum atomic E-state index is -2.76. The highest BCUT2D eigenvalue weighted by atomic mass is 35.5. The summed E-state index contributed by atoms with van der Waals surface area (Å²) in [6.45, 7) is 4.74. The Balaban J connectivity index is 1.69. The second-order valence-electron chi connectivity index (χ2n) is 10.8. The molecule has 0 saturated heterocycles. The highest BCUT2D eigenvalue weighted by Crippen LogP contribution is 2.33. The molecule has 4 aromatic rings. The third-order valence-electron chi connectivity index (χ3n) is 6.59. The Morgan fingerprint density at radius 3 is 2.40 bits per heavy atom. The third kappa shape index (κ3) is 7.70. The summed E-state index contributed by atoms with van der Waals surface area (Å²) in [7, 11) is 1.74. The predicted molar refractivity (Wildman–Crippen MR) is 167 cm³/mol. The molecule has 2 N–H and O–H groups in total. The van der Waals surface area contributed by atoms with Gasteiger partial charge in [-0.05, 0) is 41.5 Å². The number of hydrogen-bond donors (Lipinski definition) is 2. The van der Waals surface area contributed by atoms with Crippen molar-refractivity contribution in [3.63, 3.8) is 0 Å². The van der Waals surface area contributed by atoms with E-state index in [2.05, 4.69) is 10.6 Å². The molecule has 0 unspecified atom stereocenters. The van der Waals surface area contributed by atoms with E-state index < -0.39 is 24.4 Å². The van der Waals surface area contributed by atoms with Crippen LogP contribution in [0.3, 0.4) is 0 Å². The summed E-state index contributed by atoms with van der Waals surface area (Å²) in [5.74, 6) is -0.289. The SMILES string of the molecule is Cn1c(Cc2c(Cl)ccc(CNC(=O)C(C)(C)C)c2Cl)nc2cc(C(=O)Nc3ccc(Cl)cc3Cl)c(OCC(F)F)cc21. The van der Waals surface area contributed by atoms with Crippen LogP contribution < -0.4 is 15.4 Å². The molecule has 0 saturated carbocycles. The van der Waals surface area contributed by atoms with Crippen LogP contribution in [-0.4, -0.2) is 34.4 Å². The summed E-state index contributed by atoms with van der Waals surface area (Å²) in [5, 5.41) is 6.92. The molecule has 228 valence electrons. The second kappa shape index (κ2) is 13.3. The zero-order chi connectivity index (χ0) is 31.6. The predicted octanol–water partition coefficient (Wildman–Crippen LogP) is 8.34. The molecule has 0 atom stereocenters. The van der Waals surface area contributed by atoms with Crippen molar-refractivity contribution >= 4 is 74.9 Å². The van der Waals surface area contributed by atoms with Crippen molar-refractivity contribution < 1.29 is 23.1 Å². The number of imidazole rings is 1. The van der Waals surface area contributed by atoms with Gasteiger partial charge in [-0.3, -0.25) is 9.59 Å². The number of nitrogens with one attached hydrogen (secondary N) is 2. The second-order valence-corrected chi connectivity index (χ2v) is 12.4. The topological polar surface area (TPSA) is 85.2 Å². The van der Waals surface area contributed by atoms with E-state index in [1.165, 1.54) is 24.3 Å². The molecule has 7 nitrogen and oxygen atoms in total. The van der Waals surface area contributed by atoms with Crippen molar-refractivity contribution in [2.24, 2.45) is 12.5 Å². The first-order chi connectivity index (χ1) is 20.1. The van der Waals surface area contributed by atoms with Crippen LogP contribution in [0, 0.1) is 5.41 Å². The van der Waals surface area contributed by atoms with Crippen LogP contribution in [0.25, 0.3) is 11.0 Å². The van der Waals surface area contributed by atoms with Crippen molar-refractivity contribution in [1.29, 1.82) is 0 Å². The summed E-state index contributed by atoms with van der Waals surface area (Å²) in [4.78, 5) is 30.3. The molecule has 3 aromatic carbocycles. The molecule has 0 fully saturated rings. The molecule has 1 aromatic heterocycles. The molecular weight excluding hydrogens is 644 g/mol. The van der Waals surface area contributed by atoms with E-state index in [0.29, 0.717) is 43.1 Å². The number of ether oxygens (including phenoxy) is 1. The van der Waals surface area contributed by atoms with Crippen LogP contribution in [0.4, 0.5) is 14.5 Å². The van der Waals surface area contributed by atoms with Gasteiger partial charge >= 0.3 is 0 Å². The minimum absolute atomic E-state index is 0.0172. The maximum atomic E-state index is 13.3. The van der Waals surface area contributed by atoms with Gasteiger partial charge in [-0.25, -0.2) is 13.8 Å². The zero-order valence-corrected chi connectivity index (χ0v) is 26.7. The van der Waals surface area contributed by atoms with Crippen molar-refractivity contribution in [3.8, 4) is 5.75 Å². The largest absolute Gasteiger partial charge is 0.487 e. The Morgan fingerprint density at radius 2 is 1.74 bits per heavy atom. The fraction of sp³-hybridized carbons (Fsp3) is 0.300. The average molecular weight is 672 g/mol. The van der Waals surface area contributed by atoms with Crippen molar-refractivity contribution in [1.82, 2.24) is 14.9 Å². The number of amides is 2. The average Bonchev–Trinajstić information content (AvgIpc) is 3.23. The zero-order valence-electron chi connectivity index (χ0n) is 23.6. The van der Waals surface area contributed by atoms with Gasteiger partial charge in [0, 0.05) is 41.5 Å². The summed E-state index contributed by atoms with van der Waals surface area (Å²) >= 11 is 25.4. The molecule has 0 radical (unpaired) electrons. The number of rotatable bonds is 9. The van der Waals surface area contributed by atoms with Gasteiger partial charge in [-0.1, -0.05) is 73.2 Å². The normalized spacial score (nSPS) is 11.7. The first kappa shape index (κ1) is 32.8. The number of carbonyl (C=O) groups is 2.